The van der Waals surface area contributed by atoms with Gasteiger partial charge >= 0.3 is 5.97 Å². The first-order valence-corrected chi connectivity index (χ1v) is 12.0. The summed E-state index contributed by atoms with van der Waals surface area (Å²) in [6.07, 6.45) is 5.46. The van der Waals surface area contributed by atoms with Gasteiger partial charge in [0.2, 0.25) is 0 Å². The molecule has 0 spiro atoms. The number of carbonyl (C=O) groups is 1. The number of fused-ring (bicyclic) bond motifs is 1. The number of hydrogen-bond donors (Lipinski definition) is 0. The van der Waals surface area contributed by atoms with Crippen molar-refractivity contribution in [1.82, 2.24) is 14.3 Å². The number of thiazole rings is 1. The summed E-state index contributed by atoms with van der Waals surface area (Å²) < 4.78 is 9.32. The number of hydrogen-bond acceptors (Lipinski definition) is 6. The molecule has 1 aromatic carbocycles. The van der Waals surface area contributed by atoms with E-state index in [2.05, 4.69) is 23.9 Å². The third-order valence-corrected chi connectivity index (χ3v) is 6.69. The molecular weight excluding hydrogens is 436 g/mol. The summed E-state index contributed by atoms with van der Waals surface area (Å²) in [4.78, 5) is 31.7. The van der Waals surface area contributed by atoms with E-state index >= 15 is 0 Å². The van der Waals surface area contributed by atoms with Gasteiger partial charge in [0.05, 0.1) is 34.6 Å². The van der Waals surface area contributed by atoms with Gasteiger partial charge in [-0.05, 0) is 43.9 Å². The monoisotopic (exact) mass is 464 g/mol. The molecule has 3 heterocycles. The summed E-state index contributed by atoms with van der Waals surface area (Å²) in [5, 5.41) is 4.28. The molecule has 0 saturated heterocycles. The highest BCUT2D eigenvalue weighted by Crippen LogP contribution is 2.31. The molecule has 4 rings (SSSR count). The van der Waals surface area contributed by atoms with Crippen molar-refractivity contribution < 1.29 is 9.53 Å². The third kappa shape index (κ3) is 4.35. The molecular formula is C25H28N4O3S. The molecule has 8 heteroatoms. The standard InChI is InChI=1S/C25H28N4O3S/c1-6-28-14-17(13-26-28)12-20-23(30)29-22(19-10-8-18(9-11-19)15(3)4)21(24(31)32-7-2)16(5)27-25(29)33-20/h8-15,22H,6-7H2,1-5H3/b20-12+/t22-/m0/s1. The smallest absolute Gasteiger partial charge is 0.338 e. The fraction of sp³-hybridized carbons (Fsp3) is 0.360. The van der Waals surface area contributed by atoms with Crippen molar-refractivity contribution in [3.63, 3.8) is 0 Å². The second-order valence-corrected chi connectivity index (χ2v) is 9.26. The Morgan fingerprint density at radius 1 is 1.24 bits per heavy atom. The molecule has 0 radical (unpaired) electrons. The number of aromatic nitrogens is 3. The van der Waals surface area contributed by atoms with Gasteiger partial charge in [0.15, 0.2) is 4.80 Å². The number of rotatable bonds is 6. The van der Waals surface area contributed by atoms with E-state index in [1.807, 2.05) is 48.1 Å². The highest BCUT2D eigenvalue weighted by molar-refractivity contribution is 7.07. The minimum atomic E-state index is -0.595. The summed E-state index contributed by atoms with van der Waals surface area (Å²) in [6.45, 7) is 10.8. The molecule has 172 valence electrons. The van der Waals surface area contributed by atoms with Gasteiger partial charge in [-0.2, -0.15) is 5.10 Å². The van der Waals surface area contributed by atoms with Crippen LogP contribution in [-0.4, -0.2) is 26.9 Å². The topological polar surface area (TPSA) is 78.5 Å². The number of allylic oxidation sites excluding steroid dienone is 1. The van der Waals surface area contributed by atoms with Crippen molar-refractivity contribution >= 4 is 23.4 Å². The van der Waals surface area contributed by atoms with Crippen LogP contribution in [0.2, 0.25) is 0 Å². The molecule has 33 heavy (non-hydrogen) atoms. The number of benzene rings is 1. The molecule has 1 aliphatic heterocycles. The van der Waals surface area contributed by atoms with Crippen LogP contribution in [0.1, 0.15) is 63.3 Å². The van der Waals surface area contributed by atoms with Crippen LogP contribution in [0.15, 0.2) is 57.7 Å². The lowest BCUT2D eigenvalue weighted by Crippen LogP contribution is -2.39. The SMILES string of the molecule is CCOC(=O)C1=C(C)N=c2s/c(=C/c3cnn(CC)c3)c(=O)n2[C@H]1c1ccc(C(C)C)cc1. The first kappa shape index (κ1) is 22.9. The zero-order valence-corrected chi connectivity index (χ0v) is 20.3. The van der Waals surface area contributed by atoms with Crippen LogP contribution in [0.5, 0.6) is 0 Å². The maximum absolute atomic E-state index is 13.6. The molecule has 0 fully saturated rings. The minimum absolute atomic E-state index is 0.185. The van der Waals surface area contributed by atoms with Gasteiger partial charge in [0.1, 0.15) is 0 Å². The van der Waals surface area contributed by atoms with Crippen LogP contribution in [-0.2, 0) is 16.1 Å². The van der Waals surface area contributed by atoms with E-state index in [9.17, 15) is 9.59 Å². The molecule has 0 bridgehead atoms. The Kier molecular flexibility index (Phi) is 6.47. The highest BCUT2D eigenvalue weighted by atomic mass is 32.1. The Labute approximate surface area is 196 Å². The third-order valence-electron chi connectivity index (χ3n) is 5.71. The lowest BCUT2D eigenvalue weighted by molar-refractivity contribution is -0.139. The second kappa shape index (κ2) is 9.31. The second-order valence-electron chi connectivity index (χ2n) is 8.25. The Morgan fingerprint density at radius 2 is 1.97 bits per heavy atom. The number of esters is 1. The van der Waals surface area contributed by atoms with Crippen molar-refractivity contribution in [1.29, 1.82) is 0 Å². The van der Waals surface area contributed by atoms with Crippen LogP contribution in [0.25, 0.3) is 6.08 Å². The largest absolute Gasteiger partial charge is 0.463 e. The Balaban J connectivity index is 1.91. The Morgan fingerprint density at radius 3 is 2.58 bits per heavy atom. The van der Waals surface area contributed by atoms with Crippen LogP contribution in [0, 0.1) is 0 Å². The van der Waals surface area contributed by atoms with E-state index < -0.39 is 12.0 Å². The van der Waals surface area contributed by atoms with Gasteiger partial charge in [-0.1, -0.05) is 49.4 Å². The number of aryl methyl sites for hydroxylation is 1. The van der Waals surface area contributed by atoms with E-state index in [1.165, 1.54) is 16.9 Å². The predicted octanol–water partition coefficient (Wildman–Crippen LogP) is 3.14. The molecule has 0 aliphatic carbocycles. The van der Waals surface area contributed by atoms with E-state index in [0.29, 0.717) is 26.5 Å². The van der Waals surface area contributed by atoms with Gasteiger partial charge < -0.3 is 4.74 Å². The average molecular weight is 465 g/mol. The molecule has 7 nitrogen and oxygen atoms in total. The molecule has 1 atom stereocenters. The fourth-order valence-corrected chi connectivity index (χ4v) is 5.00. The molecule has 0 unspecified atom stereocenters. The van der Waals surface area contributed by atoms with Crippen LogP contribution in [0.4, 0.5) is 0 Å². The molecule has 0 amide bonds. The van der Waals surface area contributed by atoms with Crippen molar-refractivity contribution in [2.75, 3.05) is 6.61 Å². The Bertz CT molecular complexity index is 1390. The minimum Gasteiger partial charge on any atom is -0.463 e. The molecule has 2 aromatic heterocycles. The van der Waals surface area contributed by atoms with Gasteiger partial charge in [0.25, 0.3) is 5.56 Å². The van der Waals surface area contributed by atoms with E-state index in [4.69, 9.17) is 4.74 Å². The van der Waals surface area contributed by atoms with E-state index in [-0.39, 0.29) is 12.2 Å². The predicted molar refractivity (Wildman–Crippen MR) is 129 cm³/mol. The van der Waals surface area contributed by atoms with Crippen molar-refractivity contribution in [2.45, 2.75) is 53.1 Å². The molecule has 1 aliphatic rings. The summed E-state index contributed by atoms with van der Waals surface area (Å²) in [6, 6.07) is 7.48. The Hall–Kier alpha value is -3.26. The summed E-state index contributed by atoms with van der Waals surface area (Å²) in [7, 11) is 0. The first-order chi connectivity index (χ1) is 15.8. The van der Waals surface area contributed by atoms with Gasteiger partial charge in [0, 0.05) is 18.3 Å². The van der Waals surface area contributed by atoms with Gasteiger partial charge in [-0.25, -0.2) is 9.79 Å². The molecule has 3 aromatic rings. The number of ether oxygens (including phenoxy) is 1. The summed E-state index contributed by atoms with van der Waals surface area (Å²) in [5.41, 5.74) is 3.67. The quantitative estimate of drug-likeness (QED) is 0.525. The maximum Gasteiger partial charge on any atom is 0.338 e. The van der Waals surface area contributed by atoms with Crippen LogP contribution >= 0.6 is 11.3 Å². The summed E-state index contributed by atoms with van der Waals surface area (Å²) in [5.74, 6) is -0.0675. The molecule has 0 saturated carbocycles. The lowest BCUT2D eigenvalue weighted by atomic mass is 9.93. The number of nitrogens with zero attached hydrogens (tertiary/aromatic N) is 4. The van der Waals surface area contributed by atoms with Crippen LogP contribution < -0.4 is 14.9 Å². The van der Waals surface area contributed by atoms with Gasteiger partial charge in [-0.3, -0.25) is 14.0 Å². The normalized spacial score (nSPS) is 16.2. The van der Waals surface area contributed by atoms with E-state index in [0.717, 1.165) is 17.7 Å². The van der Waals surface area contributed by atoms with Gasteiger partial charge in [-0.15, -0.1) is 0 Å². The zero-order chi connectivity index (χ0) is 23.7. The maximum atomic E-state index is 13.6. The van der Waals surface area contributed by atoms with Crippen molar-refractivity contribution in [3.8, 4) is 0 Å². The zero-order valence-electron chi connectivity index (χ0n) is 19.5. The molecule has 0 N–H and O–H groups in total. The fourth-order valence-electron chi connectivity index (χ4n) is 3.95. The highest BCUT2D eigenvalue weighted by Gasteiger charge is 2.33. The average Bonchev–Trinajstić information content (AvgIpc) is 3.37. The summed E-state index contributed by atoms with van der Waals surface area (Å²) >= 11 is 1.32. The van der Waals surface area contributed by atoms with Crippen LogP contribution in [0.3, 0.4) is 0 Å². The number of carbonyl (C=O) groups excluding carboxylic acids is 1. The first-order valence-electron chi connectivity index (χ1n) is 11.2. The lowest BCUT2D eigenvalue weighted by Gasteiger charge is -2.25. The van der Waals surface area contributed by atoms with Crippen molar-refractivity contribution in [3.05, 3.63) is 84.3 Å². The van der Waals surface area contributed by atoms with E-state index in [1.54, 1.807) is 24.6 Å². The van der Waals surface area contributed by atoms with Crippen molar-refractivity contribution in [2.24, 2.45) is 4.99 Å².